The van der Waals surface area contributed by atoms with Crippen LogP contribution < -0.4 is 10.6 Å². The number of carboxylic acid groups (broad SMARTS) is 1. The van der Waals surface area contributed by atoms with E-state index in [0.717, 1.165) is 6.42 Å². The molecule has 2 amide bonds. The predicted molar refractivity (Wildman–Crippen MR) is 78.0 cm³/mol. The molecule has 3 N–H and O–H groups in total. The highest BCUT2D eigenvalue weighted by Gasteiger charge is 2.41. The SMILES string of the molecule is CC(C)(C)C(CC(=O)O)NC(=O)NC1CCOC1C1CC1. The number of hydrogen-bond donors (Lipinski definition) is 3. The number of carboxylic acids is 1. The Morgan fingerprint density at radius 2 is 1.95 bits per heavy atom. The number of carbonyl (C=O) groups is 2. The molecule has 6 nitrogen and oxygen atoms in total. The Kier molecular flexibility index (Phi) is 4.76. The lowest BCUT2D eigenvalue weighted by molar-refractivity contribution is -0.138. The van der Waals surface area contributed by atoms with Crippen LogP contribution >= 0.6 is 0 Å². The van der Waals surface area contributed by atoms with E-state index in [-0.39, 0.29) is 30.0 Å². The van der Waals surface area contributed by atoms with Crippen LogP contribution in [0.5, 0.6) is 0 Å². The van der Waals surface area contributed by atoms with Crippen LogP contribution in [-0.2, 0) is 9.53 Å². The predicted octanol–water partition coefficient (Wildman–Crippen LogP) is 1.74. The molecule has 0 aromatic heterocycles. The Labute approximate surface area is 125 Å². The Bertz CT molecular complexity index is 401. The fraction of sp³-hybridized carbons (Fsp3) is 0.867. The van der Waals surface area contributed by atoms with Crippen LogP contribution in [0.3, 0.4) is 0 Å². The van der Waals surface area contributed by atoms with Crippen molar-refractivity contribution in [2.75, 3.05) is 6.61 Å². The van der Waals surface area contributed by atoms with Gasteiger partial charge in [0.2, 0.25) is 0 Å². The summed E-state index contributed by atoms with van der Waals surface area (Å²) in [5.41, 5.74) is -0.308. The summed E-state index contributed by atoms with van der Waals surface area (Å²) in [5, 5.41) is 14.7. The van der Waals surface area contributed by atoms with Crippen molar-refractivity contribution in [1.29, 1.82) is 0 Å². The van der Waals surface area contributed by atoms with Crippen LogP contribution in [0.15, 0.2) is 0 Å². The molecule has 21 heavy (non-hydrogen) atoms. The molecular weight excluding hydrogens is 272 g/mol. The molecule has 6 heteroatoms. The highest BCUT2D eigenvalue weighted by molar-refractivity contribution is 5.76. The molecule has 1 aliphatic heterocycles. The fourth-order valence-corrected chi connectivity index (χ4v) is 2.77. The first-order chi connectivity index (χ1) is 9.77. The molecule has 0 aromatic rings. The summed E-state index contributed by atoms with van der Waals surface area (Å²) in [7, 11) is 0. The second-order valence-electron chi connectivity index (χ2n) is 7.20. The normalized spacial score (nSPS) is 27.2. The van der Waals surface area contributed by atoms with E-state index in [1.807, 2.05) is 20.8 Å². The number of rotatable bonds is 5. The number of amides is 2. The molecule has 1 saturated heterocycles. The summed E-state index contributed by atoms with van der Waals surface area (Å²) in [5.74, 6) is -0.328. The zero-order valence-corrected chi connectivity index (χ0v) is 13.0. The smallest absolute Gasteiger partial charge is 0.315 e. The minimum absolute atomic E-state index is 0.0444. The maximum Gasteiger partial charge on any atom is 0.315 e. The maximum atomic E-state index is 12.2. The lowest BCUT2D eigenvalue weighted by atomic mass is 9.85. The third kappa shape index (κ3) is 4.59. The van der Waals surface area contributed by atoms with Gasteiger partial charge >= 0.3 is 12.0 Å². The van der Waals surface area contributed by atoms with E-state index in [9.17, 15) is 9.59 Å². The van der Waals surface area contributed by atoms with Crippen LogP contribution in [0.25, 0.3) is 0 Å². The van der Waals surface area contributed by atoms with Crippen molar-refractivity contribution in [3.8, 4) is 0 Å². The van der Waals surface area contributed by atoms with Crippen LogP contribution in [0.4, 0.5) is 4.79 Å². The molecule has 2 rings (SSSR count). The highest BCUT2D eigenvalue weighted by Crippen LogP contribution is 2.38. The highest BCUT2D eigenvalue weighted by atomic mass is 16.5. The third-order valence-corrected chi connectivity index (χ3v) is 4.27. The summed E-state index contributed by atoms with van der Waals surface area (Å²) in [4.78, 5) is 23.1. The van der Waals surface area contributed by atoms with Gasteiger partial charge in [-0.2, -0.15) is 0 Å². The van der Waals surface area contributed by atoms with Gasteiger partial charge in [-0.05, 0) is 30.6 Å². The largest absolute Gasteiger partial charge is 0.481 e. The molecule has 2 aliphatic rings. The standard InChI is InChI=1S/C15H26N2O4/c1-15(2,3)11(8-12(18)19)17-14(20)16-10-6-7-21-13(10)9-4-5-9/h9-11,13H,4-8H2,1-3H3,(H,18,19)(H2,16,17,20). The summed E-state index contributed by atoms with van der Waals surface area (Å²) >= 11 is 0. The van der Waals surface area contributed by atoms with Gasteiger partial charge in [-0.15, -0.1) is 0 Å². The molecule has 1 aliphatic carbocycles. The number of nitrogens with one attached hydrogen (secondary N) is 2. The number of hydrogen-bond acceptors (Lipinski definition) is 3. The monoisotopic (exact) mass is 298 g/mol. The molecule has 3 atom stereocenters. The Hall–Kier alpha value is -1.30. The van der Waals surface area contributed by atoms with Gasteiger partial charge in [0.05, 0.1) is 18.6 Å². The van der Waals surface area contributed by atoms with Gasteiger partial charge in [0, 0.05) is 12.6 Å². The summed E-state index contributed by atoms with van der Waals surface area (Å²) in [6.45, 7) is 6.45. The van der Waals surface area contributed by atoms with Gasteiger partial charge in [-0.3, -0.25) is 4.79 Å². The second-order valence-corrected chi connectivity index (χ2v) is 7.20. The van der Waals surface area contributed by atoms with Crippen molar-refractivity contribution >= 4 is 12.0 Å². The van der Waals surface area contributed by atoms with Crippen LogP contribution in [0.2, 0.25) is 0 Å². The first-order valence-electron chi connectivity index (χ1n) is 7.68. The van der Waals surface area contributed by atoms with Crippen molar-refractivity contribution < 1.29 is 19.4 Å². The Morgan fingerprint density at radius 3 is 2.48 bits per heavy atom. The van der Waals surface area contributed by atoms with Gasteiger partial charge in [0.1, 0.15) is 0 Å². The number of carbonyl (C=O) groups excluding carboxylic acids is 1. The molecule has 1 saturated carbocycles. The molecule has 0 radical (unpaired) electrons. The zero-order chi connectivity index (χ0) is 15.6. The maximum absolute atomic E-state index is 12.2. The van der Waals surface area contributed by atoms with Crippen molar-refractivity contribution in [2.24, 2.45) is 11.3 Å². The lowest BCUT2D eigenvalue weighted by Crippen LogP contribution is -2.52. The third-order valence-electron chi connectivity index (χ3n) is 4.27. The van der Waals surface area contributed by atoms with Crippen LogP contribution in [0.1, 0.15) is 46.5 Å². The van der Waals surface area contributed by atoms with Gasteiger partial charge < -0.3 is 20.5 Å². The van der Waals surface area contributed by atoms with Gasteiger partial charge in [0.15, 0.2) is 0 Å². The average Bonchev–Trinajstić information content (AvgIpc) is 3.08. The van der Waals surface area contributed by atoms with Crippen molar-refractivity contribution in [2.45, 2.75) is 64.6 Å². The number of ether oxygens (including phenoxy) is 1. The minimum atomic E-state index is -0.907. The quantitative estimate of drug-likeness (QED) is 0.721. The average molecular weight is 298 g/mol. The van der Waals surface area contributed by atoms with Gasteiger partial charge in [0.25, 0.3) is 0 Å². The molecule has 0 aromatic carbocycles. The fourth-order valence-electron chi connectivity index (χ4n) is 2.77. The first kappa shape index (κ1) is 16.1. The van der Waals surface area contributed by atoms with E-state index in [0.29, 0.717) is 12.5 Å². The van der Waals surface area contributed by atoms with Crippen molar-refractivity contribution in [3.05, 3.63) is 0 Å². The van der Waals surface area contributed by atoms with Gasteiger partial charge in [-0.25, -0.2) is 4.79 Å². The lowest BCUT2D eigenvalue weighted by Gasteiger charge is -2.31. The van der Waals surface area contributed by atoms with Crippen LogP contribution in [0, 0.1) is 11.3 Å². The topological polar surface area (TPSA) is 87.7 Å². The van der Waals surface area contributed by atoms with Crippen molar-refractivity contribution in [1.82, 2.24) is 10.6 Å². The molecule has 2 fully saturated rings. The first-order valence-corrected chi connectivity index (χ1v) is 7.68. The second kappa shape index (κ2) is 6.22. The van der Waals surface area contributed by atoms with E-state index in [1.165, 1.54) is 12.8 Å². The van der Waals surface area contributed by atoms with E-state index in [2.05, 4.69) is 10.6 Å². The van der Waals surface area contributed by atoms with Crippen molar-refractivity contribution in [3.63, 3.8) is 0 Å². The molecule has 3 unspecified atom stereocenters. The molecular formula is C15H26N2O4. The molecule has 0 spiro atoms. The summed E-state index contributed by atoms with van der Waals surface area (Å²) in [6, 6.07) is -0.656. The van der Waals surface area contributed by atoms with Gasteiger partial charge in [-0.1, -0.05) is 20.8 Å². The van der Waals surface area contributed by atoms with E-state index >= 15 is 0 Å². The summed E-state index contributed by atoms with van der Waals surface area (Å²) in [6.07, 6.45) is 3.23. The van der Waals surface area contributed by atoms with Crippen LogP contribution in [-0.4, -0.2) is 41.9 Å². The van der Waals surface area contributed by atoms with E-state index in [1.54, 1.807) is 0 Å². The Balaban J connectivity index is 1.88. The van der Waals surface area contributed by atoms with E-state index < -0.39 is 12.0 Å². The number of urea groups is 1. The summed E-state index contributed by atoms with van der Waals surface area (Å²) < 4.78 is 5.69. The minimum Gasteiger partial charge on any atom is -0.481 e. The molecule has 0 bridgehead atoms. The Morgan fingerprint density at radius 1 is 1.29 bits per heavy atom. The zero-order valence-electron chi connectivity index (χ0n) is 13.0. The van der Waals surface area contributed by atoms with E-state index in [4.69, 9.17) is 9.84 Å². The number of aliphatic carboxylic acids is 1. The molecule has 1 heterocycles. The molecule has 120 valence electrons.